The minimum atomic E-state index is -0.913. The number of carboxylic acid groups (broad SMARTS) is 1. The van der Waals surface area contributed by atoms with Gasteiger partial charge >= 0.3 is 5.97 Å². The third kappa shape index (κ3) is 8.58. The summed E-state index contributed by atoms with van der Waals surface area (Å²) >= 11 is 8.20. The molecule has 0 radical (unpaired) electrons. The number of hydrogen-bond donors (Lipinski definition) is 1. The van der Waals surface area contributed by atoms with Crippen LogP contribution in [-0.4, -0.2) is 59.3 Å². The topological polar surface area (TPSA) is 82.8 Å². The van der Waals surface area contributed by atoms with Gasteiger partial charge in [0.25, 0.3) is 0 Å². The van der Waals surface area contributed by atoms with Crippen molar-refractivity contribution in [3.8, 4) is 22.4 Å². The summed E-state index contributed by atoms with van der Waals surface area (Å²) < 4.78 is 19.3. The Kier molecular flexibility index (Phi) is 11.2. The molecule has 5 rings (SSSR count). The first kappa shape index (κ1) is 30.1. The standard InChI is InChI=1S/C32H39ClN2O5S/c33-27-10-6-9-26(19-27)30-31(25-7-2-1-3-8-25)35(20-23-12-14-24(15-13-23)21-38-22-28(36)37)34-32(30)41-18-17-40-29-11-4-5-16-39-29/h1-3,6-10,19,23-24,29H,4-5,11-18,20-22H2,(H,36,37)/t23-,24-,29?. The molecule has 7 nitrogen and oxygen atoms in total. The fraction of sp³-hybridized carbons (Fsp3) is 0.500. The molecule has 1 saturated heterocycles. The van der Waals surface area contributed by atoms with Crippen molar-refractivity contribution >= 4 is 29.3 Å². The molecule has 2 aromatic carbocycles. The molecule has 0 spiro atoms. The van der Waals surface area contributed by atoms with Crippen LogP contribution in [0.1, 0.15) is 44.9 Å². The minimum Gasteiger partial charge on any atom is -0.480 e. The highest BCUT2D eigenvalue weighted by molar-refractivity contribution is 7.99. The number of carbonyl (C=O) groups is 1. The van der Waals surface area contributed by atoms with Crippen LogP contribution in [0.5, 0.6) is 0 Å². The van der Waals surface area contributed by atoms with Gasteiger partial charge in [0.1, 0.15) is 11.6 Å². The van der Waals surface area contributed by atoms with Crippen LogP contribution in [0.4, 0.5) is 0 Å². The van der Waals surface area contributed by atoms with Crippen molar-refractivity contribution in [2.75, 3.05) is 32.2 Å². The summed E-state index contributed by atoms with van der Waals surface area (Å²) in [5.74, 6) is 0.770. The Morgan fingerprint density at radius 1 is 1.02 bits per heavy atom. The van der Waals surface area contributed by atoms with E-state index in [1.165, 1.54) is 0 Å². The molecule has 2 heterocycles. The number of rotatable bonds is 13. The molecule has 3 aromatic rings. The number of hydrogen-bond acceptors (Lipinski definition) is 6. The van der Waals surface area contributed by atoms with Crippen molar-refractivity contribution in [3.05, 3.63) is 59.6 Å². The van der Waals surface area contributed by atoms with Gasteiger partial charge in [0.15, 0.2) is 6.29 Å². The van der Waals surface area contributed by atoms with Crippen molar-refractivity contribution in [3.63, 3.8) is 0 Å². The van der Waals surface area contributed by atoms with Crippen LogP contribution < -0.4 is 0 Å². The summed E-state index contributed by atoms with van der Waals surface area (Å²) in [5.41, 5.74) is 4.40. The highest BCUT2D eigenvalue weighted by Gasteiger charge is 2.26. The number of carboxylic acids is 1. The fourth-order valence-corrected chi connectivity index (χ4v) is 6.84. The van der Waals surface area contributed by atoms with Gasteiger partial charge in [-0.1, -0.05) is 54.1 Å². The van der Waals surface area contributed by atoms with E-state index < -0.39 is 5.97 Å². The molecule has 1 aliphatic carbocycles. The van der Waals surface area contributed by atoms with Gasteiger partial charge in [0.05, 0.1) is 18.9 Å². The van der Waals surface area contributed by atoms with E-state index in [0.29, 0.717) is 30.1 Å². The van der Waals surface area contributed by atoms with E-state index in [1.807, 2.05) is 24.3 Å². The number of aliphatic carboxylic acids is 1. The van der Waals surface area contributed by atoms with Crippen molar-refractivity contribution in [1.29, 1.82) is 0 Å². The van der Waals surface area contributed by atoms with E-state index in [4.69, 9.17) is 36.0 Å². The molecule has 1 unspecified atom stereocenters. The fourth-order valence-electron chi connectivity index (χ4n) is 5.77. The van der Waals surface area contributed by atoms with Crippen molar-refractivity contribution in [1.82, 2.24) is 9.78 Å². The lowest BCUT2D eigenvalue weighted by atomic mass is 9.82. The molecule has 1 saturated carbocycles. The van der Waals surface area contributed by atoms with E-state index in [-0.39, 0.29) is 12.9 Å². The van der Waals surface area contributed by atoms with Crippen LogP contribution in [-0.2, 0) is 25.5 Å². The summed E-state index contributed by atoms with van der Waals surface area (Å²) in [7, 11) is 0. The summed E-state index contributed by atoms with van der Waals surface area (Å²) in [6.45, 7) is 2.50. The van der Waals surface area contributed by atoms with Crippen molar-refractivity contribution in [2.24, 2.45) is 11.8 Å². The van der Waals surface area contributed by atoms with Crippen LogP contribution in [0.25, 0.3) is 22.4 Å². The first-order valence-electron chi connectivity index (χ1n) is 14.6. The second-order valence-electron chi connectivity index (χ2n) is 10.9. The molecule has 0 bridgehead atoms. The average molecular weight is 599 g/mol. The molecule has 1 aliphatic heterocycles. The molecule has 1 N–H and O–H groups in total. The lowest BCUT2D eigenvalue weighted by Gasteiger charge is -2.28. The number of benzene rings is 2. The zero-order valence-corrected chi connectivity index (χ0v) is 25.0. The third-order valence-electron chi connectivity index (χ3n) is 7.82. The molecule has 2 fully saturated rings. The van der Waals surface area contributed by atoms with Gasteiger partial charge in [0, 0.05) is 35.1 Å². The van der Waals surface area contributed by atoms with Crippen LogP contribution in [0.3, 0.4) is 0 Å². The van der Waals surface area contributed by atoms with E-state index in [2.05, 4.69) is 35.0 Å². The SMILES string of the molecule is O=C(O)COC[C@H]1CC[C@H](Cn2nc(SCCOC3CCCCO3)c(-c3cccc(Cl)c3)c2-c2ccccc2)CC1. The highest BCUT2D eigenvalue weighted by atomic mass is 35.5. The maximum atomic E-state index is 10.8. The minimum absolute atomic E-state index is 0.0983. The molecule has 1 aromatic heterocycles. The van der Waals surface area contributed by atoms with E-state index in [9.17, 15) is 4.79 Å². The number of thioether (sulfide) groups is 1. The number of nitrogens with zero attached hydrogens (tertiary/aromatic N) is 2. The molecule has 9 heteroatoms. The number of ether oxygens (including phenoxy) is 3. The van der Waals surface area contributed by atoms with Gasteiger partial charge in [-0.3, -0.25) is 4.68 Å². The molecule has 0 amide bonds. The second-order valence-corrected chi connectivity index (χ2v) is 12.4. The van der Waals surface area contributed by atoms with Gasteiger partial charge in [0.2, 0.25) is 0 Å². The smallest absolute Gasteiger partial charge is 0.329 e. The van der Waals surface area contributed by atoms with Gasteiger partial charge in [-0.05, 0) is 74.5 Å². The average Bonchev–Trinajstić information content (AvgIpc) is 3.35. The molecule has 1 atom stereocenters. The monoisotopic (exact) mass is 598 g/mol. The Hall–Kier alpha value is -2.36. The molecule has 41 heavy (non-hydrogen) atoms. The van der Waals surface area contributed by atoms with Crippen LogP contribution >= 0.6 is 23.4 Å². The first-order valence-corrected chi connectivity index (χ1v) is 16.0. The zero-order chi connectivity index (χ0) is 28.4. The maximum Gasteiger partial charge on any atom is 0.329 e. The Bertz CT molecular complexity index is 1260. The Balaban J connectivity index is 1.36. The lowest BCUT2D eigenvalue weighted by Crippen LogP contribution is -2.23. The molecule has 220 valence electrons. The van der Waals surface area contributed by atoms with Gasteiger partial charge in [-0.15, -0.1) is 11.8 Å². The largest absolute Gasteiger partial charge is 0.480 e. The van der Waals surface area contributed by atoms with Crippen molar-refractivity contribution < 1.29 is 24.1 Å². The predicted molar refractivity (Wildman–Crippen MR) is 162 cm³/mol. The summed E-state index contributed by atoms with van der Waals surface area (Å²) in [5, 5.41) is 15.8. The summed E-state index contributed by atoms with van der Waals surface area (Å²) in [6.07, 6.45) is 7.33. The summed E-state index contributed by atoms with van der Waals surface area (Å²) in [6, 6.07) is 18.5. The predicted octanol–water partition coefficient (Wildman–Crippen LogP) is 7.41. The third-order valence-corrected chi connectivity index (χ3v) is 8.99. The number of aromatic nitrogens is 2. The zero-order valence-electron chi connectivity index (χ0n) is 23.4. The van der Waals surface area contributed by atoms with E-state index >= 15 is 0 Å². The lowest BCUT2D eigenvalue weighted by molar-refractivity contribution is -0.158. The van der Waals surface area contributed by atoms with Gasteiger partial charge in [-0.25, -0.2) is 4.79 Å². The quantitative estimate of drug-likeness (QED) is 0.162. The van der Waals surface area contributed by atoms with Crippen molar-refractivity contribution in [2.45, 2.75) is 62.8 Å². The van der Waals surface area contributed by atoms with E-state index in [1.54, 1.807) is 11.8 Å². The Morgan fingerprint density at radius 3 is 2.54 bits per heavy atom. The molecular weight excluding hydrogens is 560 g/mol. The summed E-state index contributed by atoms with van der Waals surface area (Å²) in [4.78, 5) is 10.8. The maximum absolute atomic E-state index is 10.8. The normalized spacial score (nSPS) is 21.1. The first-order chi connectivity index (χ1) is 20.1. The molecular formula is C32H39ClN2O5S. The Labute approximate surface area is 251 Å². The van der Waals surface area contributed by atoms with Crippen LogP contribution in [0.15, 0.2) is 59.6 Å². The van der Waals surface area contributed by atoms with Crippen LogP contribution in [0.2, 0.25) is 5.02 Å². The van der Waals surface area contributed by atoms with Gasteiger partial charge in [-0.2, -0.15) is 5.10 Å². The van der Waals surface area contributed by atoms with Gasteiger partial charge < -0.3 is 19.3 Å². The highest BCUT2D eigenvalue weighted by Crippen LogP contribution is 2.41. The number of halogens is 1. The second kappa shape index (κ2) is 15.2. The van der Waals surface area contributed by atoms with E-state index in [0.717, 1.165) is 91.3 Å². The Morgan fingerprint density at radius 2 is 1.80 bits per heavy atom. The van der Waals surface area contributed by atoms with Crippen LogP contribution in [0, 0.1) is 11.8 Å². The molecule has 2 aliphatic rings.